The number of hydrogen-bond donors (Lipinski definition) is 1. The number of aliphatic hydroxyl groups excluding tert-OH is 1. The summed E-state index contributed by atoms with van der Waals surface area (Å²) in [7, 11) is 4.26. The van der Waals surface area contributed by atoms with E-state index in [1.165, 1.54) is 12.8 Å². The van der Waals surface area contributed by atoms with Gasteiger partial charge < -0.3 is 14.9 Å². The minimum Gasteiger partial charge on any atom is -0.392 e. The van der Waals surface area contributed by atoms with Gasteiger partial charge in [0.1, 0.15) is 0 Å². The average molecular weight is 264 g/mol. The molecule has 0 atom stereocenters. The zero-order valence-corrected chi connectivity index (χ0v) is 12.1. The molecule has 2 rings (SSSR count). The summed E-state index contributed by atoms with van der Waals surface area (Å²) in [5.41, 5.74) is 1.69. The maximum Gasteiger partial charge on any atom is 0.225 e. The second-order valence-corrected chi connectivity index (χ2v) is 5.63. The van der Waals surface area contributed by atoms with E-state index in [4.69, 9.17) is 5.11 Å². The predicted molar refractivity (Wildman–Crippen MR) is 76.2 cm³/mol. The molecule has 2 heterocycles. The number of piperidine rings is 1. The van der Waals surface area contributed by atoms with Gasteiger partial charge in [-0.25, -0.2) is 9.97 Å². The summed E-state index contributed by atoms with van der Waals surface area (Å²) in [6, 6.07) is 0. The number of aryl methyl sites for hydroxylation is 1. The van der Waals surface area contributed by atoms with Crippen molar-refractivity contribution in [3.8, 4) is 0 Å². The molecule has 0 radical (unpaired) electrons. The second kappa shape index (κ2) is 6.30. The number of rotatable bonds is 4. The largest absolute Gasteiger partial charge is 0.392 e. The molecule has 5 nitrogen and oxygen atoms in total. The third kappa shape index (κ3) is 3.64. The topological polar surface area (TPSA) is 52.5 Å². The minimum atomic E-state index is 0.0109. The molecule has 0 bridgehead atoms. The Hall–Kier alpha value is -1.20. The van der Waals surface area contributed by atoms with Gasteiger partial charge in [0.05, 0.1) is 6.61 Å². The lowest BCUT2D eigenvalue weighted by Crippen LogP contribution is -2.38. The number of hydrogen-bond acceptors (Lipinski definition) is 5. The molecule has 0 unspecified atom stereocenters. The molecular weight excluding hydrogens is 240 g/mol. The first-order valence-electron chi connectivity index (χ1n) is 6.93. The highest BCUT2D eigenvalue weighted by atomic mass is 16.3. The zero-order valence-electron chi connectivity index (χ0n) is 12.1. The maximum absolute atomic E-state index is 9.14. The fraction of sp³-hybridized carbons (Fsp3) is 0.714. The van der Waals surface area contributed by atoms with Crippen molar-refractivity contribution in [3.05, 3.63) is 17.5 Å². The molecule has 0 aromatic carbocycles. The van der Waals surface area contributed by atoms with Crippen molar-refractivity contribution < 1.29 is 5.11 Å². The van der Waals surface area contributed by atoms with E-state index in [2.05, 4.69) is 33.9 Å². The van der Waals surface area contributed by atoms with Crippen LogP contribution in [0.4, 0.5) is 5.95 Å². The third-order valence-corrected chi connectivity index (χ3v) is 3.76. The quantitative estimate of drug-likeness (QED) is 0.881. The highest BCUT2D eigenvalue weighted by Gasteiger charge is 2.21. The SMILES string of the molecule is Cc1nc(N2CCC(CN(C)C)CC2)ncc1CO. The van der Waals surface area contributed by atoms with E-state index in [0.717, 1.165) is 42.8 Å². The van der Waals surface area contributed by atoms with Crippen LogP contribution in [0.3, 0.4) is 0 Å². The molecule has 1 aliphatic heterocycles. The van der Waals surface area contributed by atoms with Crippen LogP contribution in [-0.2, 0) is 6.61 Å². The highest BCUT2D eigenvalue weighted by Crippen LogP contribution is 2.21. The molecule has 106 valence electrons. The molecule has 1 saturated heterocycles. The van der Waals surface area contributed by atoms with Crippen LogP contribution >= 0.6 is 0 Å². The van der Waals surface area contributed by atoms with Gasteiger partial charge in [0.15, 0.2) is 0 Å². The van der Waals surface area contributed by atoms with Gasteiger partial charge in [0.25, 0.3) is 0 Å². The van der Waals surface area contributed by atoms with Crippen LogP contribution in [0.15, 0.2) is 6.20 Å². The Morgan fingerprint density at radius 2 is 2.05 bits per heavy atom. The van der Waals surface area contributed by atoms with Gasteiger partial charge in [-0.2, -0.15) is 0 Å². The second-order valence-electron chi connectivity index (χ2n) is 5.63. The predicted octanol–water partition coefficient (Wildman–Crippen LogP) is 1.06. The molecule has 0 saturated carbocycles. The zero-order chi connectivity index (χ0) is 13.8. The average Bonchev–Trinajstić information content (AvgIpc) is 2.39. The summed E-state index contributed by atoms with van der Waals surface area (Å²) >= 11 is 0. The van der Waals surface area contributed by atoms with Crippen molar-refractivity contribution in [2.45, 2.75) is 26.4 Å². The molecule has 1 aromatic heterocycles. The van der Waals surface area contributed by atoms with Gasteiger partial charge in [-0.05, 0) is 39.8 Å². The van der Waals surface area contributed by atoms with Crippen LogP contribution in [-0.4, -0.2) is 53.7 Å². The van der Waals surface area contributed by atoms with E-state index in [-0.39, 0.29) is 6.61 Å². The summed E-state index contributed by atoms with van der Waals surface area (Å²) in [6.07, 6.45) is 4.13. The Bertz CT molecular complexity index is 414. The van der Waals surface area contributed by atoms with Gasteiger partial charge in [-0.15, -0.1) is 0 Å². The smallest absolute Gasteiger partial charge is 0.225 e. The molecule has 0 spiro atoms. The molecule has 1 aliphatic rings. The van der Waals surface area contributed by atoms with Crippen molar-refractivity contribution in [1.29, 1.82) is 0 Å². The molecule has 5 heteroatoms. The number of aromatic nitrogens is 2. The minimum absolute atomic E-state index is 0.0109. The van der Waals surface area contributed by atoms with Crippen molar-refractivity contribution in [2.24, 2.45) is 5.92 Å². The fourth-order valence-electron chi connectivity index (χ4n) is 2.62. The highest BCUT2D eigenvalue weighted by molar-refractivity contribution is 5.33. The van der Waals surface area contributed by atoms with E-state index >= 15 is 0 Å². The van der Waals surface area contributed by atoms with Crippen LogP contribution < -0.4 is 4.90 Å². The van der Waals surface area contributed by atoms with E-state index in [0.29, 0.717) is 0 Å². The Morgan fingerprint density at radius 1 is 1.37 bits per heavy atom. The molecule has 1 N–H and O–H groups in total. The van der Waals surface area contributed by atoms with Crippen LogP contribution in [0.5, 0.6) is 0 Å². The van der Waals surface area contributed by atoms with E-state index in [1.807, 2.05) is 6.92 Å². The molecule has 0 aliphatic carbocycles. The van der Waals surface area contributed by atoms with Crippen molar-refractivity contribution in [2.75, 3.05) is 38.6 Å². The molecule has 19 heavy (non-hydrogen) atoms. The monoisotopic (exact) mass is 264 g/mol. The lowest BCUT2D eigenvalue weighted by atomic mass is 9.97. The first kappa shape index (κ1) is 14.2. The van der Waals surface area contributed by atoms with Crippen LogP contribution in [0.1, 0.15) is 24.1 Å². The van der Waals surface area contributed by atoms with Gasteiger partial charge in [0.2, 0.25) is 5.95 Å². The number of nitrogens with zero attached hydrogens (tertiary/aromatic N) is 4. The Kier molecular flexibility index (Phi) is 4.71. The van der Waals surface area contributed by atoms with Gasteiger partial charge in [-0.1, -0.05) is 0 Å². The lowest BCUT2D eigenvalue weighted by molar-refractivity contribution is 0.279. The Morgan fingerprint density at radius 3 is 2.58 bits per heavy atom. The van der Waals surface area contributed by atoms with Gasteiger partial charge >= 0.3 is 0 Å². The third-order valence-electron chi connectivity index (χ3n) is 3.76. The van der Waals surface area contributed by atoms with Gasteiger partial charge in [-0.3, -0.25) is 0 Å². The van der Waals surface area contributed by atoms with Crippen LogP contribution in [0.25, 0.3) is 0 Å². The van der Waals surface area contributed by atoms with E-state index in [9.17, 15) is 0 Å². The summed E-state index contributed by atoms with van der Waals surface area (Å²) < 4.78 is 0. The summed E-state index contributed by atoms with van der Waals surface area (Å²) in [5.74, 6) is 1.59. The van der Waals surface area contributed by atoms with E-state index < -0.39 is 0 Å². The number of anilines is 1. The van der Waals surface area contributed by atoms with E-state index in [1.54, 1.807) is 6.20 Å². The molecular formula is C14H24N4O. The lowest BCUT2D eigenvalue weighted by Gasteiger charge is -2.33. The summed E-state index contributed by atoms with van der Waals surface area (Å²) in [6.45, 7) is 5.15. The molecule has 1 aromatic rings. The maximum atomic E-state index is 9.14. The van der Waals surface area contributed by atoms with Crippen molar-refractivity contribution in [3.63, 3.8) is 0 Å². The number of aliphatic hydroxyl groups is 1. The van der Waals surface area contributed by atoms with Crippen molar-refractivity contribution >= 4 is 5.95 Å². The normalized spacial score (nSPS) is 17.2. The van der Waals surface area contributed by atoms with Crippen molar-refractivity contribution in [1.82, 2.24) is 14.9 Å². The summed E-state index contributed by atoms with van der Waals surface area (Å²) in [4.78, 5) is 13.4. The van der Waals surface area contributed by atoms with Crippen LogP contribution in [0, 0.1) is 12.8 Å². The summed E-state index contributed by atoms with van der Waals surface area (Å²) in [5, 5.41) is 9.14. The van der Waals surface area contributed by atoms with Crippen LogP contribution in [0.2, 0.25) is 0 Å². The standard InChI is InChI=1S/C14H24N4O/c1-11-13(10-19)8-15-14(16-11)18-6-4-12(5-7-18)9-17(2)3/h8,12,19H,4-7,9-10H2,1-3H3. The molecule has 0 amide bonds. The first-order valence-corrected chi connectivity index (χ1v) is 6.93. The van der Waals surface area contributed by atoms with Gasteiger partial charge in [0, 0.05) is 37.1 Å². The fourth-order valence-corrected chi connectivity index (χ4v) is 2.62. The first-order chi connectivity index (χ1) is 9.10. The Labute approximate surface area is 115 Å². The molecule has 1 fully saturated rings. The Balaban J connectivity index is 1.96.